The van der Waals surface area contributed by atoms with Crippen molar-refractivity contribution in [1.29, 1.82) is 0 Å². The monoisotopic (exact) mass is 748 g/mol. The van der Waals surface area contributed by atoms with E-state index >= 15 is 0 Å². The fourth-order valence-corrected chi connectivity index (χ4v) is 5.51. The molecule has 1 fully saturated rings. The lowest BCUT2D eigenvalue weighted by molar-refractivity contribution is -0.148. The van der Waals surface area contributed by atoms with Gasteiger partial charge in [-0.25, -0.2) is 0 Å². The van der Waals surface area contributed by atoms with Crippen molar-refractivity contribution in [3.8, 4) is 11.8 Å². The van der Waals surface area contributed by atoms with Crippen LogP contribution in [-0.4, -0.2) is 91.0 Å². The molecule has 0 bridgehead atoms. The van der Waals surface area contributed by atoms with Crippen molar-refractivity contribution in [2.45, 2.75) is 98.8 Å². The van der Waals surface area contributed by atoms with E-state index in [-0.39, 0.29) is 74.6 Å². The van der Waals surface area contributed by atoms with Gasteiger partial charge in [0.2, 0.25) is 29.5 Å². The number of likely N-dealkylation sites (tertiary alicyclic amines) is 1. The third-order valence-electron chi connectivity index (χ3n) is 8.08. The standard InChI is InChI=1S/C36H52N4O11S/c1-23(2)32(39-30(41)13-8-7-9-16-40-31(42)20-25(5)35(40)45)34(44)37-26(6)33(43)38-29-15-14-28(22-51-36(46)24(3)4)27(21-29)12-10-17-50-18-11-19-52(47,48)49/h14-15,21,23-26,32H,7-9,11,13,16-20,22H2,1-6H3,(H,37,44)(H,38,43)(H,39,41)(H,47,48,49)/t25?,26-,32-/m0/s1. The molecule has 0 radical (unpaired) electrons. The minimum Gasteiger partial charge on any atom is -0.461 e. The molecule has 0 aromatic heterocycles. The number of hydrogen-bond donors (Lipinski definition) is 4. The zero-order chi connectivity index (χ0) is 39.0. The second kappa shape index (κ2) is 21.3. The maximum atomic E-state index is 13.1. The number of nitrogens with zero attached hydrogens (tertiary/aromatic N) is 1. The number of unbranched alkanes of at least 4 members (excludes halogenated alkanes) is 2. The fourth-order valence-electron chi connectivity index (χ4n) is 5.03. The molecule has 4 N–H and O–H groups in total. The number of benzene rings is 1. The fraction of sp³-hybridized carbons (Fsp3) is 0.611. The van der Waals surface area contributed by atoms with Gasteiger partial charge >= 0.3 is 5.97 Å². The van der Waals surface area contributed by atoms with Crippen LogP contribution >= 0.6 is 0 Å². The molecule has 1 unspecified atom stereocenters. The zero-order valence-corrected chi connectivity index (χ0v) is 31.6. The van der Waals surface area contributed by atoms with Crippen LogP contribution in [0.25, 0.3) is 0 Å². The van der Waals surface area contributed by atoms with Crippen LogP contribution in [0.1, 0.15) is 91.2 Å². The summed E-state index contributed by atoms with van der Waals surface area (Å²) < 4.78 is 41.2. The van der Waals surface area contributed by atoms with Crippen LogP contribution in [0.3, 0.4) is 0 Å². The van der Waals surface area contributed by atoms with E-state index in [9.17, 15) is 37.2 Å². The Kier molecular flexibility index (Phi) is 17.9. The second-order valence-electron chi connectivity index (χ2n) is 13.4. The predicted molar refractivity (Wildman–Crippen MR) is 192 cm³/mol. The van der Waals surface area contributed by atoms with Crippen LogP contribution in [0, 0.1) is 29.6 Å². The number of carbonyl (C=O) groups is 6. The minimum atomic E-state index is -4.08. The Labute approximate surface area is 306 Å². The van der Waals surface area contributed by atoms with E-state index in [1.165, 1.54) is 11.8 Å². The van der Waals surface area contributed by atoms with Gasteiger partial charge in [-0.1, -0.05) is 58.9 Å². The van der Waals surface area contributed by atoms with Crippen LogP contribution in [0.5, 0.6) is 0 Å². The molecular formula is C36H52N4O11S. The molecule has 1 aromatic carbocycles. The first-order valence-corrected chi connectivity index (χ1v) is 19.1. The third kappa shape index (κ3) is 15.5. The lowest BCUT2D eigenvalue weighted by atomic mass is 10.0. The van der Waals surface area contributed by atoms with Crippen LogP contribution in [0.15, 0.2) is 18.2 Å². The Morgan fingerprint density at radius 3 is 2.33 bits per heavy atom. The van der Waals surface area contributed by atoms with Gasteiger partial charge in [0.25, 0.3) is 10.1 Å². The third-order valence-corrected chi connectivity index (χ3v) is 8.88. The number of hydrogen-bond acceptors (Lipinski definition) is 10. The van der Waals surface area contributed by atoms with Gasteiger partial charge < -0.3 is 25.4 Å². The summed E-state index contributed by atoms with van der Waals surface area (Å²) in [6.45, 7) is 10.4. The maximum Gasteiger partial charge on any atom is 0.308 e. The molecule has 0 saturated carbocycles. The van der Waals surface area contributed by atoms with Crippen LogP contribution < -0.4 is 16.0 Å². The largest absolute Gasteiger partial charge is 0.461 e. The highest BCUT2D eigenvalue weighted by Crippen LogP contribution is 2.20. The summed E-state index contributed by atoms with van der Waals surface area (Å²) in [5.41, 5.74) is 1.35. The molecule has 1 aromatic rings. The number of esters is 1. The van der Waals surface area contributed by atoms with Gasteiger partial charge in [0.1, 0.15) is 25.3 Å². The van der Waals surface area contributed by atoms with E-state index in [4.69, 9.17) is 14.0 Å². The first kappa shape index (κ1) is 43.8. The Hall–Kier alpha value is -4.33. The van der Waals surface area contributed by atoms with Crippen molar-refractivity contribution in [2.75, 3.05) is 30.8 Å². The smallest absolute Gasteiger partial charge is 0.308 e. The lowest BCUT2D eigenvalue weighted by Crippen LogP contribution is -2.53. The summed E-state index contributed by atoms with van der Waals surface area (Å²) in [5, 5.41) is 8.13. The van der Waals surface area contributed by atoms with Gasteiger partial charge in [-0.2, -0.15) is 8.42 Å². The highest BCUT2D eigenvalue weighted by atomic mass is 32.2. The number of imide groups is 1. The Morgan fingerprint density at radius 2 is 1.71 bits per heavy atom. The highest BCUT2D eigenvalue weighted by Gasteiger charge is 2.34. The number of nitrogens with one attached hydrogen (secondary N) is 3. The SMILES string of the molecule is CC(C)C(=O)OCc1ccc(NC(=O)[C@H](C)NC(=O)[C@@H](NC(=O)CCCCCN2C(=O)CC(C)C2=O)C(C)C)cc1C#CCOCCCS(=O)(=O)O. The second-order valence-corrected chi connectivity index (χ2v) is 15.0. The van der Waals surface area contributed by atoms with Crippen LogP contribution in [0.2, 0.25) is 0 Å². The topological polar surface area (TPSA) is 215 Å². The number of carbonyl (C=O) groups excluding carboxylic acids is 6. The van der Waals surface area contributed by atoms with Gasteiger partial charge in [-0.05, 0) is 44.2 Å². The van der Waals surface area contributed by atoms with Crippen molar-refractivity contribution >= 4 is 51.3 Å². The summed E-state index contributed by atoms with van der Waals surface area (Å²) in [4.78, 5) is 76.2. The van der Waals surface area contributed by atoms with Crippen molar-refractivity contribution < 1.29 is 51.2 Å². The molecule has 5 amide bonds. The Bertz CT molecular complexity index is 1610. The molecule has 1 saturated heterocycles. The summed E-state index contributed by atoms with van der Waals surface area (Å²) in [6.07, 6.45) is 2.19. The van der Waals surface area contributed by atoms with Crippen molar-refractivity contribution in [3.05, 3.63) is 29.3 Å². The summed E-state index contributed by atoms with van der Waals surface area (Å²) >= 11 is 0. The molecule has 0 aliphatic carbocycles. The van der Waals surface area contributed by atoms with Crippen LogP contribution in [-0.2, 0) is 55.0 Å². The summed E-state index contributed by atoms with van der Waals surface area (Å²) in [5.74, 6) is 2.22. The van der Waals surface area contributed by atoms with E-state index in [2.05, 4.69) is 27.8 Å². The minimum absolute atomic E-state index is 0.0492. The molecule has 1 aliphatic rings. The molecule has 1 aliphatic heterocycles. The summed E-state index contributed by atoms with van der Waals surface area (Å²) in [6, 6.07) is 2.94. The number of anilines is 1. The summed E-state index contributed by atoms with van der Waals surface area (Å²) in [7, 11) is -4.08. The highest BCUT2D eigenvalue weighted by molar-refractivity contribution is 7.85. The van der Waals surface area contributed by atoms with Crippen molar-refractivity contribution in [2.24, 2.45) is 17.8 Å². The van der Waals surface area contributed by atoms with Gasteiger partial charge in [0.05, 0.1) is 11.7 Å². The van der Waals surface area contributed by atoms with E-state index in [0.29, 0.717) is 42.6 Å². The van der Waals surface area contributed by atoms with E-state index in [1.54, 1.807) is 52.8 Å². The molecule has 3 atom stereocenters. The molecule has 0 spiro atoms. The number of amides is 5. The molecule has 52 heavy (non-hydrogen) atoms. The van der Waals surface area contributed by atoms with Gasteiger partial charge in [0, 0.05) is 48.7 Å². The quantitative estimate of drug-likeness (QED) is 0.0500. The average Bonchev–Trinajstić information content (AvgIpc) is 3.30. The number of rotatable bonds is 20. The van der Waals surface area contributed by atoms with Gasteiger partial charge in [0.15, 0.2) is 0 Å². The maximum absolute atomic E-state index is 13.1. The Balaban J connectivity index is 1.95. The van der Waals surface area contributed by atoms with Crippen molar-refractivity contribution in [1.82, 2.24) is 15.5 Å². The molecule has 1 heterocycles. The molecule has 288 valence electrons. The predicted octanol–water partition coefficient (Wildman–Crippen LogP) is 2.57. The van der Waals surface area contributed by atoms with Crippen molar-refractivity contribution in [3.63, 3.8) is 0 Å². The van der Waals surface area contributed by atoms with Crippen LogP contribution in [0.4, 0.5) is 5.69 Å². The van der Waals surface area contributed by atoms with Gasteiger partial charge in [-0.15, -0.1) is 0 Å². The average molecular weight is 749 g/mol. The normalized spacial score (nSPS) is 15.6. The first-order chi connectivity index (χ1) is 24.4. The van der Waals surface area contributed by atoms with E-state index in [0.717, 1.165) is 0 Å². The zero-order valence-electron chi connectivity index (χ0n) is 30.8. The Morgan fingerprint density at radius 1 is 1.00 bits per heavy atom. The molecular weight excluding hydrogens is 696 g/mol. The van der Waals surface area contributed by atoms with Gasteiger partial charge in [-0.3, -0.25) is 38.2 Å². The van der Waals surface area contributed by atoms with E-state index in [1.807, 2.05) is 0 Å². The lowest BCUT2D eigenvalue weighted by Gasteiger charge is -2.24. The number of ether oxygens (including phenoxy) is 2. The molecule has 15 nitrogen and oxygen atoms in total. The van der Waals surface area contributed by atoms with E-state index < -0.39 is 45.7 Å². The molecule has 2 rings (SSSR count). The first-order valence-electron chi connectivity index (χ1n) is 17.5. The molecule has 16 heteroatoms.